The summed E-state index contributed by atoms with van der Waals surface area (Å²) < 4.78 is 0. The van der Waals surface area contributed by atoms with Crippen LogP contribution in [-0.4, -0.2) is 0 Å². The van der Waals surface area contributed by atoms with Gasteiger partial charge in [0, 0.05) is 11.1 Å². The smallest absolute Gasteiger partial charge is 0.0393 e. The summed E-state index contributed by atoms with van der Waals surface area (Å²) in [6.07, 6.45) is 6.04. The Morgan fingerprint density at radius 3 is 2.59 bits per heavy atom. The van der Waals surface area contributed by atoms with Crippen LogP contribution in [0.15, 0.2) is 42.5 Å². The Balaban J connectivity index is 2.05. The number of nitrogen functional groups attached to an aromatic ring is 1. The summed E-state index contributed by atoms with van der Waals surface area (Å²) in [5, 5.41) is 5.21. The molecule has 0 aromatic heterocycles. The Morgan fingerprint density at radius 2 is 1.73 bits per heavy atom. The van der Waals surface area contributed by atoms with E-state index in [1.54, 1.807) is 11.1 Å². The Bertz CT molecular complexity index is 847. The number of fused-ring (bicyclic) bond motifs is 5. The van der Waals surface area contributed by atoms with Gasteiger partial charge in [0.25, 0.3) is 0 Å². The summed E-state index contributed by atoms with van der Waals surface area (Å²) in [7, 11) is 0. The third-order valence-electron chi connectivity index (χ3n) is 5.18. The molecule has 1 aliphatic rings. The highest BCUT2D eigenvalue weighted by molar-refractivity contribution is 6.12. The van der Waals surface area contributed by atoms with E-state index in [0.29, 0.717) is 5.92 Å². The van der Waals surface area contributed by atoms with Crippen molar-refractivity contribution in [1.29, 1.82) is 0 Å². The molecule has 0 bridgehead atoms. The Kier molecular flexibility index (Phi) is 3.29. The Morgan fingerprint density at radius 1 is 0.955 bits per heavy atom. The summed E-state index contributed by atoms with van der Waals surface area (Å²) in [5.74, 6) is 0.670. The molecule has 0 heterocycles. The molecular weight excluding hydrogens is 266 g/mol. The van der Waals surface area contributed by atoms with E-state index in [0.717, 1.165) is 12.1 Å². The fourth-order valence-electron chi connectivity index (χ4n) is 4.18. The standard InChI is InChI=1S/C21H22N/c1-2-5-14-6-3-7-15-10-11-17-16-8-4-9-20(22)18(16)12-13-19(17)21(14)15/h4,8-14H,1-3,5-7,22H2. The third kappa shape index (κ3) is 1.99. The number of hydrogen-bond acceptors (Lipinski definition) is 1. The normalized spacial score (nSPS) is 17.8. The van der Waals surface area contributed by atoms with E-state index in [1.807, 2.05) is 6.07 Å². The van der Waals surface area contributed by atoms with Gasteiger partial charge in [-0.15, -0.1) is 0 Å². The van der Waals surface area contributed by atoms with Crippen molar-refractivity contribution < 1.29 is 0 Å². The van der Waals surface area contributed by atoms with E-state index < -0.39 is 0 Å². The van der Waals surface area contributed by atoms with Gasteiger partial charge in [0.1, 0.15) is 0 Å². The molecule has 1 aliphatic carbocycles. The molecule has 0 spiro atoms. The van der Waals surface area contributed by atoms with E-state index in [9.17, 15) is 0 Å². The molecule has 0 fully saturated rings. The minimum absolute atomic E-state index is 0.670. The minimum Gasteiger partial charge on any atom is -0.398 e. The molecular formula is C21H22N. The lowest BCUT2D eigenvalue weighted by atomic mass is 9.77. The van der Waals surface area contributed by atoms with Crippen molar-refractivity contribution in [3.63, 3.8) is 0 Å². The maximum atomic E-state index is 6.15. The molecule has 1 nitrogen and oxygen atoms in total. The second-order valence-electron chi connectivity index (χ2n) is 6.47. The lowest BCUT2D eigenvalue weighted by molar-refractivity contribution is 0.527. The fraction of sp³-hybridized carbons (Fsp3) is 0.286. The number of benzene rings is 3. The van der Waals surface area contributed by atoms with Crippen molar-refractivity contribution in [3.05, 3.63) is 60.5 Å². The first kappa shape index (κ1) is 13.6. The van der Waals surface area contributed by atoms with Crippen molar-refractivity contribution in [1.82, 2.24) is 0 Å². The number of aryl methyl sites for hydroxylation is 1. The zero-order chi connectivity index (χ0) is 15.1. The first-order valence-electron chi connectivity index (χ1n) is 8.31. The highest BCUT2D eigenvalue weighted by Gasteiger charge is 2.22. The van der Waals surface area contributed by atoms with Gasteiger partial charge in [0.05, 0.1) is 0 Å². The molecule has 2 N–H and O–H groups in total. The SMILES string of the molecule is [CH2]CCC1CCCc2ccc3c(ccc4c(N)cccc43)c21. The van der Waals surface area contributed by atoms with Gasteiger partial charge in [-0.3, -0.25) is 0 Å². The monoisotopic (exact) mass is 288 g/mol. The van der Waals surface area contributed by atoms with Crippen LogP contribution in [0.2, 0.25) is 0 Å². The second-order valence-corrected chi connectivity index (χ2v) is 6.47. The first-order valence-corrected chi connectivity index (χ1v) is 8.31. The molecule has 22 heavy (non-hydrogen) atoms. The van der Waals surface area contributed by atoms with Gasteiger partial charge in [-0.25, -0.2) is 0 Å². The van der Waals surface area contributed by atoms with Crippen LogP contribution in [0.5, 0.6) is 0 Å². The number of hydrogen-bond donors (Lipinski definition) is 1. The maximum Gasteiger partial charge on any atom is 0.0393 e. The fourth-order valence-corrected chi connectivity index (χ4v) is 4.18. The average molecular weight is 288 g/mol. The first-order chi connectivity index (χ1) is 10.8. The van der Waals surface area contributed by atoms with E-state index >= 15 is 0 Å². The van der Waals surface area contributed by atoms with E-state index in [2.05, 4.69) is 43.3 Å². The molecule has 111 valence electrons. The molecule has 3 aromatic carbocycles. The van der Waals surface area contributed by atoms with Crippen molar-refractivity contribution in [2.24, 2.45) is 0 Å². The van der Waals surface area contributed by atoms with Crippen LogP contribution < -0.4 is 5.73 Å². The van der Waals surface area contributed by atoms with Gasteiger partial charge >= 0.3 is 0 Å². The van der Waals surface area contributed by atoms with Crippen LogP contribution in [0.1, 0.15) is 42.7 Å². The van der Waals surface area contributed by atoms with Gasteiger partial charge in [-0.05, 0) is 65.0 Å². The predicted molar refractivity (Wildman–Crippen MR) is 96.1 cm³/mol. The van der Waals surface area contributed by atoms with Crippen molar-refractivity contribution in [2.75, 3.05) is 5.73 Å². The highest BCUT2D eigenvalue weighted by atomic mass is 14.5. The third-order valence-corrected chi connectivity index (χ3v) is 5.18. The van der Waals surface area contributed by atoms with Crippen LogP contribution in [0.4, 0.5) is 5.69 Å². The summed E-state index contributed by atoms with van der Waals surface area (Å²) >= 11 is 0. The Labute approximate surface area is 132 Å². The van der Waals surface area contributed by atoms with Gasteiger partial charge < -0.3 is 5.73 Å². The molecule has 1 atom stereocenters. The molecule has 0 saturated heterocycles. The molecule has 0 aliphatic heterocycles. The van der Waals surface area contributed by atoms with Gasteiger partial charge in [0.15, 0.2) is 0 Å². The molecule has 0 saturated carbocycles. The Hall–Kier alpha value is -2.02. The molecule has 3 aromatic rings. The number of rotatable bonds is 2. The lowest BCUT2D eigenvalue weighted by Crippen LogP contribution is -2.10. The van der Waals surface area contributed by atoms with Crippen LogP contribution in [0.3, 0.4) is 0 Å². The maximum absolute atomic E-state index is 6.15. The van der Waals surface area contributed by atoms with E-state index in [-0.39, 0.29) is 0 Å². The highest BCUT2D eigenvalue weighted by Crippen LogP contribution is 2.41. The zero-order valence-corrected chi connectivity index (χ0v) is 12.9. The molecule has 4 rings (SSSR count). The number of anilines is 1. The molecule has 1 unspecified atom stereocenters. The number of nitrogens with two attached hydrogens (primary N) is 1. The van der Waals surface area contributed by atoms with Crippen LogP contribution >= 0.6 is 0 Å². The second kappa shape index (κ2) is 5.31. The predicted octanol–water partition coefficient (Wildman–Crippen LogP) is 5.61. The van der Waals surface area contributed by atoms with Crippen LogP contribution in [0, 0.1) is 6.92 Å². The van der Waals surface area contributed by atoms with Crippen molar-refractivity contribution >= 4 is 27.2 Å². The molecule has 1 heteroatoms. The average Bonchev–Trinajstić information content (AvgIpc) is 2.55. The molecule has 0 amide bonds. The zero-order valence-electron chi connectivity index (χ0n) is 12.9. The largest absolute Gasteiger partial charge is 0.398 e. The van der Waals surface area contributed by atoms with Crippen molar-refractivity contribution in [3.8, 4) is 0 Å². The summed E-state index contributed by atoms with van der Waals surface area (Å²) in [6.45, 7) is 4.08. The van der Waals surface area contributed by atoms with Crippen LogP contribution in [0.25, 0.3) is 21.5 Å². The van der Waals surface area contributed by atoms with E-state index in [4.69, 9.17) is 5.73 Å². The topological polar surface area (TPSA) is 26.0 Å². The van der Waals surface area contributed by atoms with E-state index in [1.165, 1.54) is 47.2 Å². The quantitative estimate of drug-likeness (QED) is 0.481. The van der Waals surface area contributed by atoms with Crippen LogP contribution in [-0.2, 0) is 6.42 Å². The lowest BCUT2D eigenvalue weighted by Gasteiger charge is -2.27. The summed E-state index contributed by atoms with van der Waals surface area (Å²) in [6, 6.07) is 15.4. The summed E-state index contributed by atoms with van der Waals surface area (Å²) in [5.41, 5.74) is 10.1. The molecule has 1 radical (unpaired) electrons. The summed E-state index contributed by atoms with van der Waals surface area (Å²) in [4.78, 5) is 0. The van der Waals surface area contributed by atoms with Gasteiger partial charge in [-0.2, -0.15) is 0 Å². The van der Waals surface area contributed by atoms with Gasteiger partial charge in [-0.1, -0.05) is 49.7 Å². The van der Waals surface area contributed by atoms with Gasteiger partial charge in [0.2, 0.25) is 0 Å². The van der Waals surface area contributed by atoms with Crippen molar-refractivity contribution in [2.45, 2.75) is 38.0 Å². The minimum atomic E-state index is 0.670.